The van der Waals surface area contributed by atoms with Crippen LogP contribution in [0.25, 0.3) is 0 Å². The number of benzene rings is 4. The highest BCUT2D eigenvalue weighted by atomic mass is 35.5. The van der Waals surface area contributed by atoms with E-state index in [-0.39, 0.29) is 24.5 Å². The van der Waals surface area contributed by atoms with Crippen molar-refractivity contribution in [1.82, 2.24) is 0 Å². The van der Waals surface area contributed by atoms with Gasteiger partial charge in [-0.1, -0.05) is 96.1 Å². The first-order valence-electron chi connectivity index (χ1n) is 12.5. The predicted octanol–water partition coefficient (Wildman–Crippen LogP) is 5.22. The second-order valence-electron chi connectivity index (χ2n) is 10.1. The summed E-state index contributed by atoms with van der Waals surface area (Å²) < 4.78 is 2.52. The molecule has 3 heteroatoms. The van der Waals surface area contributed by atoms with Gasteiger partial charge in [0.15, 0.2) is 12.1 Å². The fraction of sp³-hybridized carbons (Fsp3) is 0.242. The summed E-state index contributed by atoms with van der Waals surface area (Å²) in [6.45, 7) is 13.3. The molecule has 0 bridgehead atoms. The molecule has 0 amide bonds. The summed E-state index contributed by atoms with van der Waals surface area (Å²) in [4.78, 5) is 2.52. The number of aryl methyl sites for hydroxylation is 6. The minimum atomic E-state index is 0. The fourth-order valence-corrected chi connectivity index (χ4v) is 6.12. The molecule has 1 aliphatic rings. The van der Waals surface area contributed by atoms with Crippen LogP contribution in [0.4, 0.5) is 11.4 Å². The number of nitrogens with zero attached hydrogens (tertiary/aromatic N) is 2. The number of anilines is 1. The summed E-state index contributed by atoms with van der Waals surface area (Å²) in [6, 6.07) is 31.5. The molecule has 5 rings (SSSR count). The highest BCUT2D eigenvalue weighted by Crippen LogP contribution is 2.47. The Hall–Kier alpha value is -3.36. The van der Waals surface area contributed by atoms with E-state index in [1.807, 2.05) is 0 Å². The fourth-order valence-electron chi connectivity index (χ4n) is 6.12. The molecule has 2 nitrogen and oxygen atoms in total. The van der Waals surface area contributed by atoms with Crippen LogP contribution in [-0.2, 0) is 0 Å². The molecule has 1 heterocycles. The number of hydrogen-bond acceptors (Lipinski definition) is 1. The smallest absolute Gasteiger partial charge is 0.245 e. The van der Waals surface area contributed by atoms with Crippen LogP contribution >= 0.6 is 0 Å². The first-order valence-corrected chi connectivity index (χ1v) is 12.5. The van der Waals surface area contributed by atoms with Gasteiger partial charge < -0.3 is 12.4 Å². The lowest BCUT2D eigenvalue weighted by Gasteiger charge is -2.26. The van der Waals surface area contributed by atoms with Gasteiger partial charge in [-0.15, -0.1) is 0 Å². The SMILES string of the molecule is Cc1cc(C)c(N2C=[N+](c3c(C)cc(C)cc3C)C(c3ccccc3)C2c2ccccc2)c(C)c1.[Cl-]. The van der Waals surface area contributed by atoms with Crippen LogP contribution in [-0.4, -0.2) is 10.9 Å². The molecular formula is C33H35ClN2. The molecule has 0 aromatic heterocycles. The predicted molar refractivity (Wildman–Crippen MR) is 148 cm³/mol. The van der Waals surface area contributed by atoms with E-state index in [1.165, 1.54) is 55.9 Å². The van der Waals surface area contributed by atoms with Gasteiger partial charge in [-0.25, -0.2) is 9.48 Å². The van der Waals surface area contributed by atoms with Crippen molar-refractivity contribution in [1.29, 1.82) is 0 Å². The molecular weight excluding hydrogens is 460 g/mol. The van der Waals surface area contributed by atoms with Gasteiger partial charge in [0, 0.05) is 11.1 Å². The number of rotatable bonds is 4. The summed E-state index contributed by atoms with van der Waals surface area (Å²) >= 11 is 0. The van der Waals surface area contributed by atoms with E-state index >= 15 is 0 Å². The summed E-state index contributed by atoms with van der Waals surface area (Å²) in [7, 11) is 0. The molecule has 4 aromatic rings. The third-order valence-corrected chi connectivity index (χ3v) is 7.22. The minimum absolute atomic E-state index is 0. The number of halogens is 1. The largest absolute Gasteiger partial charge is 1.00 e. The van der Waals surface area contributed by atoms with Gasteiger partial charge in [0.25, 0.3) is 0 Å². The molecule has 2 unspecified atom stereocenters. The van der Waals surface area contributed by atoms with Crippen LogP contribution in [0.1, 0.15) is 56.6 Å². The maximum absolute atomic E-state index is 2.52. The first kappa shape index (κ1) is 25.7. The average molecular weight is 495 g/mol. The van der Waals surface area contributed by atoms with Crippen molar-refractivity contribution in [3.63, 3.8) is 0 Å². The van der Waals surface area contributed by atoms with Crippen LogP contribution in [0.2, 0.25) is 0 Å². The second-order valence-corrected chi connectivity index (χ2v) is 10.1. The molecule has 0 aliphatic carbocycles. The maximum atomic E-state index is 2.52. The Morgan fingerprint density at radius 1 is 0.583 bits per heavy atom. The lowest BCUT2D eigenvalue weighted by molar-refractivity contribution is -0.482. The monoisotopic (exact) mass is 494 g/mol. The van der Waals surface area contributed by atoms with Gasteiger partial charge in [0.2, 0.25) is 6.34 Å². The van der Waals surface area contributed by atoms with E-state index in [2.05, 4.69) is 142 Å². The molecule has 4 aromatic carbocycles. The third kappa shape index (κ3) is 4.58. The molecule has 0 saturated carbocycles. The van der Waals surface area contributed by atoms with Crippen molar-refractivity contribution in [2.24, 2.45) is 0 Å². The topological polar surface area (TPSA) is 6.25 Å². The van der Waals surface area contributed by atoms with E-state index in [0.717, 1.165) is 0 Å². The van der Waals surface area contributed by atoms with Crippen molar-refractivity contribution in [2.45, 2.75) is 53.6 Å². The summed E-state index contributed by atoms with van der Waals surface area (Å²) in [5.41, 5.74) is 13.1. The van der Waals surface area contributed by atoms with Crippen LogP contribution in [0.5, 0.6) is 0 Å². The van der Waals surface area contributed by atoms with Gasteiger partial charge in [0.05, 0.1) is 0 Å². The van der Waals surface area contributed by atoms with Gasteiger partial charge in [-0.3, -0.25) is 0 Å². The summed E-state index contributed by atoms with van der Waals surface area (Å²) in [5.74, 6) is 0. The second kappa shape index (κ2) is 10.3. The van der Waals surface area contributed by atoms with Crippen molar-refractivity contribution in [3.8, 4) is 0 Å². The molecule has 184 valence electrons. The Balaban J connectivity index is 0.00000304. The van der Waals surface area contributed by atoms with Crippen LogP contribution < -0.4 is 17.3 Å². The van der Waals surface area contributed by atoms with Gasteiger partial charge in [-0.2, -0.15) is 0 Å². The Morgan fingerprint density at radius 2 is 1.03 bits per heavy atom. The standard InChI is InChI=1S/C33H35N2.ClH/c1-22-17-24(3)30(25(4)18-22)34-21-35(31-26(5)19-23(2)20-27(31)6)33(29-15-11-8-12-16-29)32(34)28-13-9-7-10-14-28;/h7-21,32-33H,1-6H3;1H/q+1;/p-1. The van der Waals surface area contributed by atoms with E-state index in [9.17, 15) is 0 Å². The molecule has 36 heavy (non-hydrogen) atoms. The van der Waals surface area contributed by atoms with Crippen molar-refractivity contribution < 1.29 is 17.0 Å². The average Bonchev–Trinajstić information content (AvgIpc) is 3.18. The lowest BCUT2D eigenvalue weighted by Crippen LogP contribution is -3.00. The first-order chi connectivity index (χ1) is 16.8. The van der Waals surface area contributed by atoms with E-state index in [1.54, 1.807) is 0 Å². The van der Waals surface area contributed by atoms with Gasteiger partial charge in [0.1, 0.15) is 11.4 Å². The Bertz CT molecular complexity index is 1360. The molecule has 1 aliphatic heterocycles. The molecule has 0 fully saturated rings. The zero-order valence-electron chi connectivity index (χ0n) is 22.1. The zero-order chi connectivity index (χ0) is 24.7. The summed E-state index contributed by atoms with van der Waals surface area (Å²) in [5, 5.41) is 0. The summed E-state index contributed by atoms with van der Waals surface area (Å²) in [6.07, 6.45) is 2.37. The van der Waals surface area contributed by atoms with Gasteiger partial charge >= 0.3 is 0 Å². The van der Waals surface area contributed by atoms with Gasteiger partial charge in [-0.05, 0) is 63.8 Å². The van der Waals surface area contributed by atoms with Crippen molar-refractivity contribution in [2.75, 3.05) is 4.90 Å². The van der Waals surface area contributed by atoms with Crippen molar-refractivity contribution in [3.05, 3.63) is 129 Å². The molecule has 0 radical (unpaired) electrons. The molecule has 2 atom stereocenters. The van der Waals surface area contributed by atoms with E-state index in [4.69, 9.17) is 0 Å². The minimum Gasteiger partial charge on any atom is -1.00 e. The normalized spacial score (nSPS) is 17.1. The van der Waals surface area contributed by atoms with Crippen LogP contribution in [0, 0.1) is 41.5 Å². The Kier molecular flexibility index (Phi) is 7.38. The highest BCUT2D eigenvalue weighted by Gasteiger charge is 2.47. The highest BCUT2D eigenvalue weighted by molar-refractivity contribution is 5.84. The van der Waals surface area contributed by atoms with Crippen LogP contribution in [0.3, 0.4) is 0 Å². The lowest BCUT2D eigenvalue weighted by atomic mass is 9.91. The molecule has 0 spiro atoms. The zero-order valence-corrected chi connectivity index (χ0v) is 22.8. The number of hydrogen-bond donors (Lipinski definition) is 0. The van der Waals surface area contributed by atoms with E-state index < -0.39 is 0 Å². The third-order valence-electron chi connectivity index (χ3n) is 7.22. The maximum Gasteiger partial charge on any atom is 0.245 e. The van der Waals surface area contributed by atoms with E-state index in [0.29, 0.717) is 0 Å². The van der Waals surface area contributed by atoms with Crippen molar-refractivity contribution >= 4 is 17.7 Å². The van der Waals surface area contributed by atoms with Crippen LogP contribution in [0.15, 0.2) is 84.9 Å². The quantitative estimate of drug-likeness (QED) is 0.353. The molecule has 0 saturated heterocycles. The Labute approximate surface area is 222 Å². The molecule has 0 N–H and O–H groups in total. The Morgan fingerprint density at radius 3 is 1.53 bits per heavy atom.